The number of nitrogens with zero attached hydrogens (tertiary/aromatic N) is 3. The Hall–Kier alpha value is -0.570. The van der Waals surface area contributed by atoms with Gasteiger partial charge in [0.15, 0.2) is 5.96 Å². The Kier molecular flexibility index (Phi) is 8.53. The molecule has 1 amide bonds. The molecule has 0 bridgehead atoms. The standard InChI is InChI=1S/C14H28N4O2.HI/c1-6-15-13(16-7-8-19)17-9-12(20)18(11(2)3)14(4,5)10-17;/h11,19H,6-10H2,1-5H3,(H,15,16);1H. The predicted octanol–water partition coefficient (Wildman–Crippen LogP) is 0.893. The summed E-state index contributed by atoms with van der Waals surface area (Å²) < 4.78 is 0. The van der Waals surface area contributed by atoms with Crippen molar-refractivity contribution in [2.75, 3.05) is 32.8 Å². The molecule has 0 aromatic heterocycles. The lowest BCUT2D eigenvalue weighted by atomic mass is 9.96. The number of aliphatic imine (C=N–C) groups is 1. The van der Waals surface area contributed by atoms with Crippen molar-refractivity contribution >= 4 is 35.8 Å². The van der Waals surface area contributed by atoms with Gasteiger partial charge in [0.1, 0.15) is 0 Å². The van der Waals surface area contributed by atoms with Gasteiger partial charge < -0.3 is 20.2 Å². The Bertz CT molecular complexity index is 372. The van der Waals surface area contributed by atoms with E-state index in [4.69, 9.17) is 5.11 Å². The molecule has 2 N–H and O–H groups in total. The molecule has 1 aliphatic rings. The number of aliphatic hydroxyl groups is 1. The summed E-state index contributed by atoms with van der Waals surface area (Å²) in [7, 11) is 0. The first-order chi connectivity index (χ1) is 9.33. The summed E-state index contributed by atoms with van der Waals surface area (Å²) in [5.41, 5.74) is -0.237. The van der Waals surface area contributed by atoms with Crippen LogP contribution in [0.4, 0.5) is 0 Å². The zero-order valence-corrected chi connectivity index (χ0v) is 16.0. The van der Waals surface area contributed by atoms with Gasteiger partial charge in [-0.1, -0.05) is 0 Å². The summed E-state index contributed by atoms with van der Waals surface area (Å²) in [4.78, 5) is 20.6. The third-order valence-corrected chi connectivity index (χ3v) is 3.34. The van der Waals surface area contributed by atoms with Crippen LogP contribution in [-0.2, 0) is 4.79 Å². The number of guanidine groups is 1. The quantitative estimate of drug-likeness (QED) is 0.409. The predicted molar refractivity (Wildman–Crippen MR) is 96.1 cm³/mol. The molecule has 0 unspecified atom stereocenters. The second-order valence-corrected chi connectivity index (χ2v) is 5.99. The van der Waals surface area contributed by atoms with Crippen molar-refractivity contribution in [2.24, 2.45) is 4.99 Å². The Labute approximate surface area is 145 Å². The number of rotatable bonds is 4. The van der Waals surface area contributed by atoms with Crippen molar-refractivity contribution < 1.29 is 9.90 Å². The fraction of sp³-hybridized carbons (Fsp3) is 0.857. The van der Waals surface area contributed by atoms with Gasteiger partial charge in [0.2, 0.25) is 5.91 Å². The number of hydrogen-bond donors (Lipinski definition) is 2. The molecule has 0 saturated carbocycles. The molecule has 1 saturated heterocycles. The first-order valence-corrected chi connectivity index (χ1v) is 7.29. The van der Waals surface area contributed by atoms with Gasteiger partial charge in [-0.15, -0.1) is 24.0 Å². The van der Waals surface area contributed by atoms with Gasteiger partial charge >= 0.3 is 0 Å². The Balaban J connectivity index is 0.00000400. The van der Waals surface area contributed by atoms with Crippen molar-refractivity contribution in [3.63, 3.8) is 0 Å². The molecule has 0 spiro atoms. The SMILES string of the molecule is CCNC(=NCCO)N1CC(=O)N(C(C)C)C(C)(C)C1.I. The van der Waals surface area contributed by atoms with Crippen molar-refractivity contribution in [1.82, 2.24) is 15.1 Å². The molecule has 124 valence electrons. The normalized spacial score (nSPS) is 18.8. The fourth-order valence-corrected chi connectivity index (χ4v) is 2.89. The van der Waals surface area contributed by atoms with E-state index < -0.39 is 0 Å². The molecular weight excluding hydrogens is 383 g/mol. The second kappa shape index (κ2) is 8.77. The van der Waals surface area contributed by atoms with Crippen LogP contribution in [0.2, 0.25) is 0 Å². The number of hydrogen-bond acceptors (Lipinski definition) is 3. The smallest absolute Gasteiger partial charge is 0.242 e. The maximum atomic E-state index is 12.4. The number of carbonyl (C=O) groups is 1. The van der Waals surface area contributed by atoms with E-state index in [0.717, 1.165) is 13.1 Å². The zero-order valence-electron chi connectivity index (χ0n) is 13.7. The molecule has 0 aromatic carbocycles. The van der Waals surface area contributed by atoms with Crippen molar-refractivity contribution in [3.8, 4) is 0 Å². The van der Waals surface area contributed by atoms with E-state index in [2.05, 4.69) is 24.2 Å². The highest BCUT2D eigenvalue weighted by atomic mass is 127. The Morgan fingerprint density at radius 1 is 1.48 bits per heavy atom. The molecule has 6 nitrogen and oxygen atoms in total. The monoisotopic (exact) mass is 412 g/mol. The number of nitrogens with one attached hydrogen (secondary N) is 1. The van der Waals surface area contributed by atoms with Gasteiger partial charge in [0.05, 0.1) is 25.2 Å². The summed E-state index contributed by atoms with van der Waals surface area (Å²) in [6.45, 7) is 12.4. The summed E-state index contributed by atoms with van der Waals surface area (Å²) in [6.07, 6.45) is 0. The third kappa shape index (κ3) is 5.28. The maximum Gasteiger partial charge on any atom is 0.242 e. The van der Waals surface area contributed by atoms with Gasteiger partial charge in [-0.3, -0.25) is 9.79 Å². The number of piperazine rings is 1. The van der Waals surface area contributed by atoms with Crippen LogP contribution < -0.4 is 5.32 Å². The van der Waals surface area contributed by atoms with Crippen LogP contribution >= 0.6 is 24.0 Å². The highest BCUT2D eigenvalue weighted by Gasteiger charge is 2.40. The molecule has 0 radical (unpaired) electrons. The van der Waals surface area contributed by atoms with Gasteiger partial charge in [-0.05, 0) is 34.6 Å². The lowest BCUT2D eigenvalue weighted by Gasteiger charge is -2.49. The summed E-state index contributed by atoms with van der Waals surface area (Å²) in [5, 5.41) is 12.1. The average molecular weight is 412 g/mol. The van der Waals surface area contributed by atoms with E-state index in [1.807, 2.05) is 30.6 Å². The summed E-state index contributed by atoms with van der Waals surface area (Å²) in [6, 6.07) is 0.191. The molecule has 1 heterocycles. The van der Waals surface area contributed by atoms with E-state index in [9.17, 15) is 4.79 Å². The molecule has 0 atom stereocenters. The lowest BCUT2D eigenvalue weighted by Crippen LogP contribution is -2.66. The molecule has 1 aliphatic heterocycles. The Morgan fingerprint density at radius 3 is 2.52 bits per heavy atom. The van der Waals surface area contributed by atoms with Crippen LogP contribution in [-0.4, -0.2) is 71.1 Å². The lowest BCUT2D eigenvalue weighted by molar-refractivity contribution is -0.145. The Morgan fingerprint density at radius 2 is 2.10 bits per heavy atom. The minimum Gasteiger partial charge on any atom is -0.394 e. The molecule has 1 rings (SSSR count). The number of aliphatic hydroxyl groups excluding tert-OH is 1. The number of carbonyl (C=O) groups excluding carboxylic acids is 1. The molecule has 0 aliphatic carbocycles. The number of amides is 1. The van der Waals surface area contributed by atoms with Gasteiger partial charge in [0, 0.05) is 19.1 Å². The molecule has 1 fully saturated rings. The first kappa shape index (κ1) is 20.4. The van der Waals surface area contributed by atoms with Gasteiger partial charge in [-0.25, -0.2) is 0 Å². The van der Waals surface area contributed by atoms with Crippen LogP contribution in [0.5, 0.6) is 0 Å². The minimum absolute atomic E-state index is 0. The largest absolute Gasteiger partial charge is 0.394 e. The summed E-state index contributed by atoms with van der Waals surface area (Å²) >= 11 is 0. The van der Waals surface area contributed by atoms with Crippen LogP contribution in [0.25, 0.3) is 0 Å². The van der Waals surface area contributed by atoms with Crippen molar-refractivity contribution in [1.29, 1.82) is 0 Å². The van der Waals surface area contributed by atoms with E-state index in [0.29, 0.717) is 19.0 Å². The molecule has 21 heavy (non-hydrogen) atoms. The van der Waals surface area contributed by atoms with Crippen molar-refractivity contribution in [2.45, 2.75) is 46.2 Å². The summed E-state index contributed by atoms with van der Waals surface area (Å²) in [5.74, 6) is 0.817. The van der Waals surface area contributed by atoms with Crippen LogP contribution in [0.1, 0.15) is 34.6 Å². The fourth-order valence-electron chi connectivity index (χ4n) is 2.89. The van der Waals surface area contributed by atoms with Gasteiger partial charge in [0.25, 0.3) is 0 Å². The molecule has 7 heteroatoms. The van der Waals surface area contributed by atoms with Crippen LogP contribution in [0, 0.1) is 0 Å². The highest BCUT2D eigenvalue weighted by Crippen LogP contribution is 2.24. The number of halogens is 1. The topological polar surface area (TPSA) is 68.2 Å². The third-order valence-electron chi connectivity index (χ3n) is 3.34. The maximum absolute atomic E-state index is 12.4. The average Bonchev–Trinajstić information content (AvgIpc) is 2.31. The van der Waals surface area contributed by atoms with E-state index in [-0.39, 0.29) is 48.1 Å². The molecular formula is C14H29IN4O2. The zero-order chi connectivity index (χ0) is 15.3. The van der Waals surface area contributed by atoms with Gasteiger partial charge in [-0.2, -0.15) is 0 Å². The minimum atomic E-state index is -0.237. The highest BCUT2D eigenvalue weighted by molar-refractivity contribution is 14.0. The second-order valence-electron chi connectivity index (χ2n) is 5.99. The first-order valence-electron chi connectivity index (χ1n) is 7.29. The van der Waals surface area contributed by atoms with E-state index >= 15 is 0 Å². The van der Waals surface area contributed by atoms with E-state index in [1.165, 1.54) is 0 Å². The van der Waals surface area contributed by atoms with Crippen LogP contribution in [0.15, 0.2) is 4.99 Å². The van der Waals surface area contributed by atoms with E-state index in [1.54, 1.807) is 0 Å². The van der Waals surface area contributed by atoms with Crippen LogP contribution in [0.3, 0.4) is 0 Å². The van der Waals surface area contributed by atoms with Crippen molar-refractivity contribution in [3.05, 3.63) is 0 Å². The molecule has 0 aromatic rings.